The number of aliphatic hydroxyl groups excluding tert-OH is 1. The lowest BCUT2D eigenvalue weighted by Gasteiger charge is -2.47. The molecule has 112 valence electrons. The lowest BCUT2D eigenvalue weighted by molar-refractivity contribution is -0.0346. The van der Waals surface area contributed by atoms with Crippen molar-refractivity contribution in [2.75, 3.05) is 32.7 Å². The highest BCUT2D eigenvalue weighted by molar-refractivity contribution is 4.92. The first-order valence-electron chi connectivity index (χ1n) is 8.02. The average Bonchev–Trinajstić information content (AvgIpc) is 2.33. The van der Waals surface area contributed by atoms with Gasteiger partial charge in [0.15, 0.2) is 0 Å². The molecule has 2 aliphatic rings. The van der Waals surface area contributed by atoms with Crippen molar-refractivity contribution in [2.45, 2.75) is 59.1 Å². The number of piperazine rings is 1. The highest BCUT2D eigenvalue weighted by Gasteiger charge is 2.37. The normalized spacial score (nSPS) is 33.8. The maximum absolute atomic E-state index is 10.3. The lowest BCUT2D eigenvalue weighted by atomic mass is 9.73. The van der Waals surface area contributed by atoms with E-state index < -0.39 is 0 Å². The van der Waals surface area contributed by atoms with Gasteiger partial charge in [-0.2, -0.15) is 0 Å². The summed E-state index contributed by atoms with van der Waals surface area (Å²) in [5.41, 5.74) is 0.402. The topological polar surface area (TPSA) is 26.7 Å². The van der Waals surface area contributed by atoms with Crippen LogP contribution in [0.1, 0.15) is 47.0 Å². The molecule has 0 spiro atoms. The molecule has 0 aromatic rings. The Labute approximate surface area is 119 Å². The molecule has 3 heteroatoms. The van der Waals surface area contributed by atoms with E-state index in [1.807, 2.05) is 0 Å². The molecule has 0 bridgehead atoms. The van der Waals surface area contributed by atoms with Gasteiger partial charge < -0.3 is 10.0 Å². The van der Waals surface area contributed by atoms with Gasteiger partial charge in [0, 0.05) is 38.8 Å². The van der Waals surface area contributed by atoms with Crippen LogP contribution in [0.25, 0.3) is 0 Å². The Morgan fingerprint density at radius 3 is 2.37 bits per heavy atom. The fourth-order valence-electron chi connectivity index (χ4n) is 3.70. The Kier molecular flexibility index (Phi) is 4.91. The van der Waals surface area contributed by atoms with Crippen LogP contribution >= 0.6 is 0 Å². The smallest absolute Gasteiger partial charge is 0.0695 e. The summed E-state index contributed by atoms with van der Waals surface area (Å²) in [7, 11) is 0. The summed E-state index contributed by atoms with van der Waals surface area (Å²) in [4.78, 5) is 5.12. The minimum Gasteiger partial charge on any atom is -0.391 e. The van der Waals surface area contributed by atoms with Crippen LogP contribution in [0, 0.1) is 11.3 Å². The third-order valence-corrected chi connectivity index (χ3v) is 4.82. The molecule has 0 amide bonds. The Hall–Kier alpha value is -0.120. The first-order chi connectivity index (χ1) is 8.87. The van der Waals surface area contributed by atoms with Crippen molar-refractivity contribution in [3.63, 3.8) is 0 Å². The van der Waals surface area contributed by atoms with E-state index in [-0.39, 0.29) is 6.10 Å². The third-order valence-electron chi connectivity index (χ3n) is 4.82. The maximum Gasteiger partial charge on any atom is 0.0695 e. The minimum atomic E-state index is -0.107. The summed E-state index contributed by atoms with van der Waals surface area (Å²) in [5, 5.41) is 10.3. The van der Waals surface area contributed by atoms with E-state index in [1.54, 1.807) is 0 Å². The Balaban J connectivity index is 1.86. The van der Waals surface area contributed by atoms with Crippen LogP contribution in [0.15, 0.2) is 0 Å². The number of nitrogens with zero attached hydrogens (tertiary/aromatic N) is 2. The zero-order valence-corrected chi connectivity index (χ0v) is 13.2. The first kappa shape index (κ1) is 15.3. The maximum atomic E-state index is 10.3. The summed E-state index contributed by atoms with van der Waals surface area (Å²) in [6.45, 7) is 15.1. The summed E-state index contributed by atoms with van der Waals surface area (Å²) in [6.07, 6.45) is 3.19. The van der Waals surface area contributed by atoms with Crippen LogP contribution in [-0.2, 0) is 0 Å². The monoisotopic (exact) mass is 268 g/mol. The van der Waals surface area contributed by atoms with Crippen LogP contribution in [0.2, 0.25) is 0 Å². The average molecular weight is 268 g/mol. The lowest BCUT2D eigenvalue weighted by Crippen LogP contribution is -2.56. The molecule has 2 atom stereocenters. The molecule has 1 aliphatic carbocycles. The van der Waals surface area contributed by atoms with Gasteiger partial charge in [0.1, 0.15) is 0 Å². The van der Waals surface area contributed by atoms with Gasteiger partial charge in [-0.3, -0.25) is 4.90 Å². The second-order valence-electron chi connectivity index (χ2n) is 7.77. The van der Waals surface area contributed by atoms with Crippen molar-refractivity contribution >= 4 is 0 Å². The zero-order chi connectivity index (χ0) is 14.0. The fraction of sp³-hybridized carbons (Fsp3) is 1.00. The molecular weight excluding hydrogens is 236 g/mol. The number of hydrogen-bond donors (Lipinski definition) is 1. The molecule has 2 unspecified atom stereocenters. The largest absolute Gasteiger partial charge is 0.391 e. The molecule has 0 radical (unpaired) electrons. The van der Waals surface area contributed by atoms with Crippen LogP contribution in [0.4, 0.5) is 0 Å². The summed E-state index contributed by atoms with van der Waals surface area (Å²) < 4.78 is 0. The van der Waals surface area contributed by atoms with Crippen molar-refractivity contribution in [1.82, 2.24) is 9.80 Å². The molecule has 1 aliphatic heterocycles. The fourth-order valence-corrected chi connectivity index (χ4v) is 3.70. The van der Waals surface area contributed by atoms with Gasteiger partial charge in [-0.15, -0.1) is 0 Å². The predicted molar refractivity (Wildman–Crippen MR) is 80.3 cm³/mol. The standard InChI is InChI=1S/C16H32N2O/c1-13(2)12-17-7-9-18(10-8-17)14-11-16(3,4)6-5-15(14)19/h13-15,19H,5-12H2,1-4H3. The molecule has 1 saturated carbocycles. The highest BCUT2D eigenvalue weighted by atomic mass is 16.3. The van der Waals surface area contributed by atoms with Crippen molar-refractivity contribution in [3.05, 3.63) is 0 Å². The second-order valence-corrected chi connectivity index (χ2v) is 7.77. The van der Waals surface area contributed by atoms with Gasteiger partial charge in [-0.05, 0) is 30.6 Å². The Morgan fingerprint density at radius 2 is 1.79 bits per heavy atom. The minimum absolute atomic E-state index is 0.107. The SMILES string of the molecule is CC(C)CN1CCN(C2CC(C)(C)CCC2O)CC1. The van der Waals surface area contributed by atoms with Gasteiger partial charge in [-0.1, -0.05) is 27.7 Å². The van der Waals surface area contributed by atoms with Crippen molar-refractivity contribution in [2.24, 2.45) is 11.3 Å². The zero-order valence-electron chi connectivity index (χ0n) is 13.2. The quantitative estimate of drug-likeness (QED) is 0.850. The summed E-state index contributed by atoms with van der Waals surface area (Å²) >= 11 is 0. The molecule has 2 fully saturated rings. The Bertz CT molecular complexity index is 282. The van der Waals surface area contributed by atoms with E-state index in [0.29, 0.717) is 11.5 Å². The van der Waals surface area contributed by atoms with Crippen molar-refractivity contribution < 1.29 is 5.11 Å². The number of aliphatic hydroxyl groups is 1. The van der Waals surface area contributed by atoms with Gasteiger partial charge in [0.05, 0.1) is 6.10 Å². The van der Waals surface area contributed by atoms with E-state index in [4.69, 9.17) is 0 Å². The molecule has 1 saturated heterocycles. The molecule has 19 heavy (non-hydrogen) atoms. The van der Waals surface area contributed by atoms with Gasteiger partial charge >= 0.3 is 0 Å². The Morgan fingerprint density at radius 1 is 1.16 bits per heavy atom. The predicted octanol–water partition coefficient (Wildman–Crippen LogP) is 2.20. The molecule has 1 N–H and O–H groups in total. The van der Waals surface area contributed by atoms with E-state index in [0.717, 1.165) is 38.3 Å². The van der Waals surface area contributed by atoms with Crippen LogP contribution in [-0.4, -0.2) is 59.8 Å². The van der Waals surface area contributed by atoms with E-state index in [1.165, 1.54) is 19.6 Å². The van der Waals surface area contributed by atoms with Crippen LogP contribution in [0.3, 0.4) is 0 Å². The van der Waals surface area contributed by atoms with E-state index in [2.05, 4.69) is 37.5 Å². The highest BCUT2D eigenvalue weighted by Crippen LogP contribution is 2.37. The summed E-state index contributed by atoms with van der Waals surface area (Å²) in [5.74, 6) is 0.755. The van der Waals surface area contributed by atoms with Crippen LogP contribution in [0.5, 0.6) is 0 Å². The molecular formula is C16H32N2O. The second kappa shape index (κ2) is 6.11. The van der Waals surface area contributed by atoms with E-state index in [9.17, 15) is 5.11 Å². The first-order valence-corrected chi connectivity index (χ1v) is 8.02. The van der Waals surface area contributed by atoms with Crippen LogP contribution < -0.4 is 0 Å². The third kappa shape index (κ3) is 4.17. The molecule has 0 aromatic carbocycles. The molecule has 2 rings (SSSR count). The van der Waals surface area contributed by atoms with Gasteiger partial charge in [-0.25, -0.2) is 0 Å². The molecule has 0 aromatic heterocycles. The molecule has 1 heterocycles. The molecule has 3 nitrogen and oxygen atoms in total. The van der Waals surface area contributed by atoms with E-state index >= 15 is 0 Å². The van der Waals surface area contributed by atoms with Crippen molar-refractivity contribution in [3.8, 4) is 0 Å². The summed E-state index contributed by atoms with van der Waals surface area (Å²) in [6, 6.07) is 0.393. The number of hydrogen-bond acceptors (Lipinski definition) is 3. The van der Waals surface area contributed by atoms with Gasteiger partial charge in [0.25, 0.3) is 0 Å². The number of rotatable bonds is 3. The van der Waals surface area contributed by atoms with Crippen molar-refractivity contribution in [1.29, 1.82) is 0 Å². The van der Waals surface area contributed by atoms with Gasteiger partial charge in [0.2, 0.25) is 0 Å².